The summed E-state index contributed by atoms with van der Waals surface area (Å²) in [7, 11) is 0. The molecule has 0 unspecified atom stereocenters. The Morgan fingerprint density at radius 2 is 2.22 bits per heavy atom. The molecule has 1 aromatic carbocycles. The van der Waals surface area contributed by atoms with Crippen molar-refractivity contribution in [2.24, 2.45) is 0 Å². The fourth-order valence-electron chi connectivity index (χ4n) is 2.57. The molecule has 1 aliphatic heterocycles. The lowest BCUT2D eigenvalue weighted by Gasteiger charge is -2.15. The van der Waals surface area contributed by atoms with Crippen molar-refractivity contribution in [1.82, 2.24) is 10.2 Å². The van der Waals surface area contributed by atoms with Crippen LogP contribution in [0.3, 0.4) is 0 Å². The number of likely N-dealkylation sites (tertiary alicyclic amines) is 1. The van der Waals surface area contributed by atoms with Crippen LogP contribution in [0, 0.1) is 10.1 Å². The molecule has 8 nitrogen and oxygen atoms in total. The molecule has 0 spiro atoms. The van der Waals surface area contributed by atoms with Gasteiger partial charge in [-0.05, 0) is 25.5 Å². The largest absolute Gasteiger partial charge is 0.478 e. The summed E-state index contributed by atoms with van der Waals surface area (Å²) in [5, 5.41) is 23.0. The molecular weight excluding hydrogens is 302 g/mol. The molecule has 1 fully saturated rings. The van der Waals surface area contributed by atoms with Crippen molar-refractivity contribution in [2.75, 3.05) is 19.6 Å². The fraction of sp³-hybridized carbons (Fsp3) is 0.467. The van der Waals surface area contributed by atoms with Gasteiger partial charge in [0.1, 0.15) is 0 Å². The minimum absolute atomic E-state index is 0.104. The van der Waals surface area contributed by atoms with Crippen molar-refractivity contribution in [1.29, 1.82) is 0 Å². The van der Waals surface area contributed by atoms with Crippen LogP contribution in [0.5, 0.6) is 0 Å². The van der Waals surface area contributed by atoms with E-state index in [1.54, 1.807) is 0 Å². The standard InChI is InChI=1S/C15H19N3O5/c19-14-3-1-7-17(14)8-2-6-16-10-12-5-4-11(15(20)21)9-13(12)18(22)23/h4-5,9,16H,1-3,6-8,10H2,(H,20,21). The van der Waals surface area contributed by atoms with Gasteiger partial charge in [-0.15, -0.1) is 0 Å². The quantitative estimate of drug-likeness (QED) is 0.425. The molecular formula is C15H19N3O5. The lowest BCUT2D eigenvalue weighted by molar-refractivity contribution is -0.385. The van der Waals surface area contributed by atoms with Crippen molar-refractivity contribution in [3.63, 3.8) is 0 Å². The van der Waals surface area contributed by atoms with E-state index < -0.39 is 10.9 Å². The zero-order valence-electron chi connectivity index (χ0n) is 12.7. The third-order valence-electron chi connectivity index (χ3n) is 3.80. The molecule has 1 amide bonds. The Balaban J connectivity index is 1.84. The summed E-state index contributed by atoms with van der Waals surface area (Å²) in [6, 6.07) is 3.88. The van der Waals surface area contributed by atoms with E-state index in [0.717, 1.165) is 25.5 Å². The topological polar surface area (TPSA) is 113 Å². The van der Waals surface area contributed by atoms with Crippen LogP contribution in [-0.4, -0.2) is 46.4 Å². The molecule has 1 heterocycles. The summed E-state index contributed by atoms with van der Waals surface area (Å²) in [5.74, 6) is -1.01. The summed E-state index contributed by atoms with van der Waals surface area (Å²) >= 11 is 0. The maximum absolute atomic E-state index is 11.4. The van der Waals surface area contributed by atoms with Crippen LogP contribution < -0.4 is 5.32 Å². The first-order valence-electron chi connectivity index (χ1n) is 7.48. The number of nitro benzene ring substituents is 1. The highest BCUT2D eigenvalue weighted by atomic mass is 16.6. The molecule has 1 saturated heterocycles. The molecule has 124 valence electrons. The van der Waals surface area contributed by atoms with Crippen LogP contribution in [0.2, 0.25) is 0 Å². The number of nitrogens with one attached hydrogen (secondary N) is 1. The van der Waals surface area contributed by atoms with E-state index in [2.05, 4.69) is 5.32 Å². The van der Waals surface area contributed by atoms with E-state index >= 15 is 0 Å². The van der Waals surface area contributed by atoms with Gasteiger partial charge < -0.3 is 15.3 Å². The fourth-order valence-corrected chi connectivity index (χ4v) is 2.57. The second kappa shape index (κ2) is 7.68. The molecule has 0 bridgehead atoms. The molecule has 2 rings (SSSR count). The van der Waals surface area contributed by atoms with Crippen molar-refractivity contribution in [2.45, 2.75) is 25.8 Å². The van der Waals surface area contributed by atoms with Gasteiger partial charge in [-0.3, -0.25) is 14.9 Å². The summed E-state index contributed by atoms with van der Waals surface area (Å²) in [4.78, 5) is 34.6. The molecule has 0 atom stereocenters. The first-order valence-corrected chi connectivity index (χ1v) is 7.48. The van der Waals surface area contributed by atoms with E-state index in [1.165, 1.54) is 12.1 Å². The maximum atomic E-state index is 11.4. The maximum Gasteiger partial charge on any atom is 0.335 e. The second-order valence-electron chi connectivity index (χ2n) is 5.42. The highest BCUT2D eigenvalue weighted by Gasteiger charge is 2.19. The van der Waals surface area contributed by atoms with Crippen LogP contribution in [-0.2, 0) is 11.3 Å². The summed E-state index contributed by atoms with van der Waals surface area (Å²) in [5.41, 5.74) is 0.136. The normalized spacial score (nSPS) is 14.3. The van der Waals surface area contributed by atoms with Gasteiger partial charge in [-0.1, -0.05) is 6.07 Å². The van der Waals surface area contributed by atoms with Gasteiger partial charge in [0.15, 0.2) is 0 Å². The van der Waals surface area contributed by atoms with E-state index in [-0.39, 0.29) is 23.7 Å². The Morgan fingerprint density at radius 3 is 2.83 bits per heavy atom. The van der Waals surface area contributed by atoms with E-state index in [0.29, 0.717) is 25.1 Å². The number of carboxylic acid groups (broad SMARTS) is 1. The number of hydrogen-bond acceptors (Lipinski definition) is 5. The van der Waals surface area contributed by atoms with E-state index in [4.69, 9.17) is 5.11 Å². The zero-order chi connectivity index (χ0) is 16.8. The Hall–Kier alpha value is -2.48. The molecule has 0 aliphatic carbocycles. The van der Waals surface area contributed by atoms with Crippen LogP contribution >= 0.6 is 0 Å². The number of rotatable bonds is 8. The number of aromatic carboxylic acids is 1. The predicted molar refractivity (Wildman–Crippen MR) is 82.2 cm³/mol. The first kappa shape index (κ1) is 16.9. The minimum Gasteiger partial charge on any atom is -0.478 e. The smallest absolute Gasteiger partial charge is 0.335 e. The summed E-state index contributed by atoms with van der Waals surface area (Å²) < 4.78 is 0. The zero-order valence-corrected chi connectivity index (χ0v) is 12.7. The number of hydrogen-bond donors (Lipinski definition) is 2. The average Bonchev–Trinajstić information content (AvgIpc) is 2.92. The number of carboxylic acids is 1. The van der Waals surface area contributed by atoms with Crippen LogP contribution in [0.25, 0.3) is 0 Å². The number of nitrogens with zero attached hydrogens (tertiary/aromatic N) is 2. The van der Waals surface area contributed by atoms with Crippen molar-refractivity contribution in [3.8, 4) is 0 Å². The van der Waals surface area contributed by atoms with Crippen molar-refractivity contribution in [3.05, 3.63) is 39.4 Å². The third-order valence-corrected chi connectivity index (χ3v) is 3.80. The van der Waals surface area contributed by atoms with Crippen LogP contribution in [0.1, 0.15) is 35.2 Å². The molecule has 1 aromatic rings. The van der Waals surface area contributed by atoms with Crippen LogP contribution in [0.4, 0.5) is 5.69 Å². The number of nitro groups is 1. The highest BCUT2D eigenvalue weighted by Crippen LogP contribution is 2.20. The second-order valence-corrected chi connectivity index (χ2v) is 5.42. The van der Waals surface area contributed by atoms with Crippen molar-refractivity contribution < 1.29 is 19.6 Å². The Bertz CT molecular complexity index is 617. The highest BCUT2D eigenvalue weighted by molar-refractivity contribution is 5.88. The van der Waals surface area contributed by atoms with Gasteiger partial charge in [0.05, 0.1) is 10.5 Å². The Labute approximate surface area is 133 Å². The number of carbonyl (C=O) groups excluding carboxylic acids is 1. The third kappa shape index (κ3) is 4.49. The van der Waals surface area contributed by atoms with Gasteiger partial charge in [-0.25, -0.2) is 4.79 Å². The number of benzene rings is 1. The first-order chi connectivity index (χ1) is 11.0. The number of amides is 1. The van der Waals surface area contributed by atoms with Gasteiger partial charge in [0, 0.05) is 37.7 Å². The molecule has 0 radical (unpaired) electrons. The van der Waals surface area contributed by atoms with Crippen LogP contribution in [0.15, 0.2) is 18.2 Å². The van der Waals surface area contributed by atoms with Crippen molar-refractivity contribution >= 4 is 17.6 Å². The lowest BCUT2D eigenvalue weighted by atomic mass is 10.1. The Morgan fingerprint density at radius 1 is 1.43 bits per heavy atom. The Kier molecular flexibility index (Phi) is 5.64. The van der Waals surface area contributed by atoms with Gasteiger partial charge in [0.2, 0.25) is 5.91 Å². The predicted octanol–water partition coefficient (Wildman–Crippen LogP) is 1.40. The van der Waals surface area contributed by atoms with Gasteiger partial charge in [-0.2, -0.15) is 0 Å². The number of carbonyl (C=O) groups is 2. The summed E-state index contributed by atoms with van der Waals surface area (Å²) in [6.45, 7) is 2.40. The lowest BCUT2D eigenvalue weighted by Crippen LogP contribution is -2.28. The molecule has 23 heavy (non-hydrogen) atoms. The monoisotopic (exact) mass is 321 g/mol. The molecule has 0 aromatic heterocycles. The molecule has 2 N–H and O–H groups in total. The van der Waals surface area contributed by atoms with Gasteiger partial charge in [0.25, 0.3) is 5.69 Å². The minimum atomic E-state index is -1.19. The van der Waals surface area contributed by atoms with Gasteiger partial charge >= 0.3 is 5.97 Å². The molecule has 8 heteroatoms. The van der Waals surface area contributed by atoms with E-state index in [1.807, 2.05) is 4.90 Å². The van der Waals surface area contributed by atoms with E-state index in [9.17, 15) is 19.7 Å². The molecule has 1 aliphatic rings. The average molecular weight is 321 g/mol. The molecule has 0 saturated carbocycles. The summed E-state index contributed by atoms with van der Waals surface area (Å²) in [6.07, 6.45) is 2.30. The SMILES string of the molecule is O=C(O)c1ccc(CNCCCN2CCCC2=O)c([N+](=O)[O-])c1.